The molecule has 0 saturated heterocycles. The standard InChI is InChI=1S/C15H20N2O4/c1-4-17(5-2)14(19)12-8-6-11(7-9-12)13(18)16-10(3)15(20)21/h6-10H,4-5H2,1-3H3,(H,16,18)(H,20,21)/t10-/m1/s1. The van der Waals surface area contributed by atoms with Crippen molar-refractivity contribution >= 4 is 17.8 Å². The average Bonchev–Trinajstić information content (AvgIpc) is 2.48. The van der Waals surface area contributed by atoms with Crippen molar-refractivity contribution in [2.75, 3.05) is 13.1 Å². The topological polar surface area (TPSA) is 86.7 Å². The monoisotopic (exact) mass is 292 g/mol. The van der Waals surface area contributed by atoms with Gasteiger partial charge in [0, 0.05) is 24.2 Å². The van der Waals surface area contributed by atoms with Crippen LogP contribution in [0.25, 0.3) is 0 Å². The van der Waals surface area contributed by atoms with Crippen LogP contribution in [0.2, 0.25) is 0 Å². The van der Waals surface area contributed by atoms with E-state index in [0.717, 1.165) is 0 Å². The maximum atomic E-state index is 12.1. The highest BCUT2D eigenvalue weighted by molar-refractivity contribution is 5.99. The first-order valence-electron chi connectivity index (χ1n) is 6.83. The number of carboxylic acid groups (broad SMARTS) is 1. The number of carbonyl (C=O) groups is 3. The fourth-order valence-electron chi connectivity index (χ4n) is 1.80. The molecule has 0 aliphatic carbocycles. The van der Waals surface area contributed by atoms with E-state index in [1.807, 2.05) is 13.8 Å². The molecular formula is C15H20N2O4. The Bertz CT molecular complexity index is 521. The molecule has 6 heteroatoms. The van der Waals surface area contributed by atoms with Gasteiger partial charge in [-0.2, -0.15) is 0 Å². The van der Waals surface area contributed by atoms with E-state index in [9.17, 15) is 14.4 Å². The van der Waals surface area contributed by atoms with E-state index in [0.29, 0.717) is 24.2 Å². The van der Waals surface area contributed by atoms with Gasteiger partial charge >= 0.3 is 5.97 Å². The van der Waals surface area contributed by atoms with Gasteiger partial charge in [-0.3, -0.25) is 14.4 Å². The number of rotatable bonds is 6. The highest BCUT2D eigenvalue weighted by Crippen LogP contribution is 2.08. The van der Waals surface area contributed by atoms with Crippen molar-refractivity contribution in [3.63, 3.8) is 0 Å². The van der Waals surface area contributed by atoms with E-state index in [4.69, 9.17) is 5.11 Å². The van der Waals surface area contributed by atoms with Gasteiger partial charge in [0.1, 0.15) is 6.04 Å². The molecule has 21 heavy (non-hydrogen) atoms. The van der Waals surface area contributed by atoms with E-state index >= 15 is 0 Å². The summed E-state index contributed by atoms with van der Waals surface area (Å²) in [6, 6.07) is 5.21. The molecule has 0 aliphatic rings. The van der Waals surface area contributed by atoms with Crippen molar-refractivity contribution in [1.82, 2.24) is 10.2 Å². The Morgan fingerprint density at radius 1 is 1.10 bits per heavy atom. The molecule has 0 bridgehead atoms. The summed E-state index contributed by atoms with van der Waals surface area (Å²) in [7, 11) is 0. The molecule has 0 unspecified atom stereocenters. The van der Waals surface area contributed by atoms with Crippen molar-refractivity contribution < 1.29 is 19.5 Å². The average molecular weight is 292 g/mol. The van der Waals surface area contributed by atoms with Crippen LogP contribution in [0.4, 0.5) is 0 Å². The summed E-state index contributed by atoms with van der Waals surface area (Å²) in [6.07, 6.45) is 0. The molecular weight excluding hydrogens is 272 g/mol. The van der Waals surface area contributed by atoms with Gasteiger partial charge in [-0.1, -0.05) is 0 Å². The summed E-state index contributed by atoms with van der Waals surface area (Å²) in [5.74, 6) is -1.67. The Morgan fingerprint density at radius 2 is 1.57 bits per heavy atom. The minimum atomic E-state index is -1.10. The maximum absolute atomic E-state index is 12.1. The summed E-state index contributed by atoms with van der Waals surface area (Å²) >= 11 is 0. The van der Waals surface area contributed by atoms with Crippen LogP contribution in [0.1, 0.15) is 41.5 Å². The zero-order valence-electron chi connectivity index (χ0n) is 12.4. The second kappa shape index (κ2) is 7.42. The molecule has 0 heterocycles. The Kier molecular flexibility index (Phi) is 5.90. The predicted octanol–water partition coefficient (Wildman–Crippen LogP) is 1.37. The number of aliphatic carboxylic acids is 1. The van der Waals surface area contributed by atoms with Crippen LogP contribution in [0.15, 0.2) is 24.3 Å². The second-order valence-corrected chi connectivity index (χ2v) is 4.59. The zero-order valence-corrected chi connectivity index (χ0v) is 12.4. The van der Waals surface area contributed by atoms with Crippen LogP contribution in [0.3, 0.4) is 0 Å². The highest BCUT2D eigenvalue weighted by Gasteiger charge is 2.16. The van der Waals surface area contributed by atoms with Gasteiger partial charge in [-0.05, 0) is 45.0 Å². The molecule has 0 radical (unpaired) electrons. The molecule has 0 saturated carbocycles. The van der Waals surface area contributed by atoms with E-state index in [1.54, 1.807) is 17.0 Å². The number of nitrogens with one attached hydrogen (secondary N) is 1. The Balaban J connectivity index is 2.80. The van der Waals surface area contributed by atoms with Gasteiger partial charge < -0.3 is 15.3 Å². The number of hydrogen-bond donors (Lipinski definition) is 2. The summed E-state index contributed by atoms with van der Waals surface area (Å²) in [5.41, 5.74) is 0.820. The number of amides is 2. The number of carbonyl (C=O) groups excluding carboxylic acids is 2. The van der Waals surface area contributed by atoms with Gasteiger partial charge in [-0.25, -0.2) is 0 Å². The van der Waals surface area contributed by atoms with Crippen LogP contribution in [-0.4, -0.2) is 46.9 Å². The van der Waals surface area contributed by atoms with Crippen LogP contribution in [0, 0.1) is 0 Å². The SMILES string of the molecule is CCN(CC)C(=O)c1ccc(C(=O)N[C@H](C)C(=O)O)cc1. The minimum Gasteiger partial charge on any atom is -0.480 e. The largest absolute Gasteiger partial charge is 0.480 e. The van der Waals surface area contributed by atoms with Crippen LogP contribution >= 0.6 is 0 Å². The number of hydrogen-bond acceptors (Lipinski definition) is 3. The number of benzene rings is 1. The molecule has 0 aromatic heterocycles. The third-order valence-corrected chi connectivity index (χ3v) is 3.16. The van der Waals surface area contributed by atoms with Gasteiger partial charge in [0.05, 0.1) is 0 Å². The van der Waals surface area contributed by atoms with E-state index in [-0.39, 0.29) is 5.91 Å². The molecule has 0 spiro atoms. The minimum absolute atomic E-state index is 0.0918. The first-order chi connectivity index (χ1) is 9.90. The smallest absolute Gasteiger partial charge is 0.325 e. The summed E-state index contributed by atoms with van der Waals surface area (Å²) in [5, 5.41) is 11.1. The van der Waals surface area contributed by atoms with Crippen molar-refractivity contribution in [2.24, 2.45) is 0 Å². The fourth-order valence-corrected chi connectivity index (χ4v) is 1.80. The molecule has 1 aromatic carbocycles. The lowest BCUT2D eigenvalue weighted by molar-refractivity contribution is -0.138. The molecule has 1 aromatic rings. The Labute approximate surface area is 123 Å². The molecule has 6 nitrogen and oxygen atoms in total. The number of nitrogens with zero attached hydrogens (tertiary/aromatic N) is 1. The van der Waals surface area contributed by atoms with E-state index < -0.39 is 17.9 Å². The van der Waals surface area contributed by atoms with E-state index in [2.05, 4.69) is 5.32 Å². The molecule has 114 valence electrons. The van der Waals surface area contributed by atoms with Crippen molar-refractivity contribution in [3.8, 4) is 0 Å². The summed E-state index contributed by atoms with van der Waals surface area (Å²) in [6.45, 7) is 6.42. The molecule has 2 N–H and O–H groups in total. The lowest BCUT2D eigenvalue weighted by Gasteiger charge is -2.18. The molecule has 1 atom stereocenters. The van der Waals surface area contributed by atoms with Gasteiger partial charge in [0.25, 0.3) is 11.8 Å². The van der Waals surface area contributed by atoms with Crippen LogP contribution in [-0.2, 0) is 4.79 Å². The van der Waals surface area contributed by atoms with Gasteiger partial charge in [0.2, 0.25) is 0 Å². The zero-order chi connectivity index (χ0) is 16.0. The Morgan fingerprint density at radius 3 is 2.00 bits per heavy atom. The first-order valence-corrected chi connectivity index (χ1v) is 6.83. The quantitative estimate of drug-likeness (QED) is 0.829. The molecule has 0 fully saturated rings. The third kappa shape index (κ3) is 4.30. The van der Waals surface area contributed by atoms with Crippen molar-refractivity contribution in [1.29, 1.82) is 0 Å². The predicted molar refractivity (Wildman–Crippen MR) is 78.3 cm³/mol. The normalized spacial score (nSPS) is 11.6. The lowest BCUT2D eigenvalue weighted by atomic mass is 10.1. The maximum Gasteiger partial charge on any atom is 0.325 e. The molecule has 0 aliphatic heterocycles. The highest BCUT2D eigenvalue weighted by atomic mass is 16.4. The van der Waals surface area contributed by atoms with Crippen LogP contribution in [0.5, 0.6) is 0 Å². The number of carboxylic acids is 1. The van der Waals surface area contributed by atoms with Gasteiger partial charge in [-0.15, -0.1) is 0 Å². The summed E-state index contributed by atoms with van der Waals surface area (Å²) in [4.78, 5) is 36.3. The first kappa shape index (κ1) is 16.7. The van der Waals surface area contributed by atoms with Crippen molar-refractivity contribution in [2.45, 2.75) is 26.8 Å². The third-order valence-electron chi connectivity index (χ3n) is 3.16. The van der Waals surface area contributed by atoms with Crippen LogP contribution < -0.4 is 5.32 Å². The molecule has 2 amide bonds. The fraction of sp³-hybridized carbons (Fsp3) is 0.400. The van der Waals surface area contributed by atoms with Gasteiger partial charge in [0.15, 0.2) is 0 Å². The lowest BCUT2D eigenvalue weighted by Crippen LogP contribution is -2.38. The second-order valence-electron chi connectivity index (χ2n) is 4.59. The molecule has 1 rings (SSSR count). The summed E-state index contributed by atoms with van der Waals surface area (Å²) < 4.78 is 0. The van der Waals surface area contributed by atoms with Crippen molar-refractivity contribution in [3.05, 3.63) is 35.4 Å². The van der Waals surface area contributed by atoms with E-state index in [1.165, 1.54) is 19.1 Å². The Hall–Kier alpha value is -2.37.